The van der Waals surface area contributed by atoms with Gasteiger partial charge in [0.05, 0.1) is 30.7 Å². The minimum atomic E-state index is -0.675. The fourth-order valence-corrected chi connectivity index (χ4v) is 3.88. The number of hydrogen-bond donors (Lipinski definition) is 2. The molecule has 2 aromatic carbocycles. The number of carbonyl (C=O) groups is 1. The first kappa shape index (κ1) is 19.4. The van der Waals surface area contributed by atoms with Gasteiger partial charge in [0.15, 0.2) is 11.5 Å². The van der Waals surface area contributed by atoms with Crippen LogP contribution in [0.4, 0.5) is 11.4 Å². The van der Waals surface area contributed by atoms with Crippen LogP contribution in [0.5, 0.6) is 11.5 Å². The van der Waals surface area contributed by atoms with Crippen LogP contribution in [-0.2, 0) is 12.8 Å². The number of ether oxygens (including phenoxy) is 2. The molecular formula is C21H19N3O6. The van der Waals surface area contributed by atoms with Gasteiger partial charge in [-0.1, -0.05) is 6.07 Å². The normalized spacial score (nSPS) is 12.5. The zero-order valence-electron chi connectivity index (χ0n) is 16.4. The van der Waals surface area contributed by atoms with Crippen LogP contribution in [0.15, 0.2) is 35.1 Å². The molecule has 1 heterocycles. The van der Waals surface area contributed by atoms with Crippen molar-refractivity contribution in [2.24, 2.45) is 0 Å². The Morgan fingerprint density at radius 2 is 1.80 bits per heavy atom. The van der Waals surface area contributed by atoms with E-state index < -0.39 is 16.5 Å². The standard InChI is InChI=1S/C21H19N3O6/c1-29-18-9-15(17(24(27)28)10-19(18)30-2)21(26)22-11-6-7-13-12-4-3-5-14(12)20(25)23-16(13)8-11/h6-10H,3-5H2,1-2H3,(H,22,26)(H,23,25). The zero-order chi connectivity index (χ0) is 21.4. The van der Waals surface area contributed by atoms with Crippen molar-refractivity contribution in [2.45, 2.75) is 19.3 Å². The predicted molar refractivity (Wildman–Crippen MR) is 111 cm³/mol. The maximum absolute atomic E-state index is 12.8. The molecule has 0 fully saturated rings. The number of aromatic nitrogens is 1. The summed E-state index contributed by atoms with van der Waals surface area (Å²) in [6, 6.07) is 7.62. The molecule has 0 unspecified atom stereocenters. The van der Waals surface area contributed by atoms with Crippen LogP contribution in [0.1, 0.15) is 27.9 Å². The fraction of sp³-hybridized carbons (Fsp3) is 0.238. The van der Waals surface area contributed by atoms with Crippen LogP contribution in [0.25, 0.3) is 10.9 Å². The summed E-state index contributed by atoms with van der Waals surface area (Å²) in [5, 5.41) is 15.1. The van der Waals surface area contributed by atoms with Crippen molar-refractivity contribution < 1.29 is 19.2 Å². The number of aryl methyl sites for hydroxylation is 1. The van der Waals surface area contributed by atoms with E-state index in [1.165, 1.54) is 20.3 Å². The molecule has 0 spiro atoms. The minimum Gasteiger partial charge on any atom is -0.493 e. The number of nitrogens with one attached hydrogen (secondary N) is 2. The van der Waals surface area contributed by atoms with Gasteiger partial charge in [-0.05, 0) is 37.0 Å². The van der Waals surface area contributed by atoms with Crippen LogP contribution in [0.2, 0.25) is 0 Å². The summed E-state index contributed by atoms with van der Waals surface area (Å²) in [6.07, 6.45) is 2.56. The molecule has 1 aliphatic rings. The lowest BCUT2D eigenvalue weighted by Gasteiger charge is -2.12. The summed E-state index contributed by atoms with van der Waals surface area (Å²) in [5.41, 5.74) is 2.19. The second-order valence-electron chi connectivity index (χ2n) is 6.96. The Morgan fingerprint density at radius 3 is 2.50 bits per heavy atom. The molecule has 0 saturated heterocycles. The summed E-state index contributed by atoms with van der Waals surface area (Å²) in [5.74, 6) is -0.324. The molecule has 0 bridgehead atoms. The van der Waals surface area contributed by atoms with E-state index in [2.05, 4.69) is 10.3 Å². The number of fused-ring (bicyclic) bond motifs is 3. The van der Waals surface area contributed by atoms with Crippen molar-refractivity contribution in [3.8, 4) is 11.5 Å². The zero-order valence-corrected chi connectivity index (χ0v) is 16.4. The smallest absolute Gasteiger partial charge is 0.286 e. The summed E-state index contributed by atoms with van der Waals surface area (Å²) < 4.78 is 10.2. The molecule has 9 nitrogen and oxygen atoms in total. The molecule has 2 N–H and O–H groups in total. The molecule has 0 saturated carbocycles. The lowest BCUT2D eigenvalue weighted by Crippen LogP contribution is -2.15. The monoisotopic (exact) mass is 409 g/mol. The number of benzene rings is 2. The van der Waals surface area contributed by atoms with Gasteiger partial charge < -0.3 is 19.8 Å². The minimum absolute atomic E-state index is 0.117. The maximum Gasteiger partial charge on any atom is 0.286 e. The molecule has 0 radical (unpaired) electrons. The number of nitrogens with zero attached hydrogens (tertiary/aromatic N) is 1. The van der Waals surface area contributed by atoms with E-state index in [9.17, 15) is 19.7 Å². The first-order valence-electron chi connectivity index (χ1n) is 9.32. The van der Waals surface area contributed by atoms with E-state index in [1.54, 1.807) is 12.1 Å². The SMILES string of the molecule is COc1cc(C(=O)Nc2ccc3c4c(c(=O)[nH]c3c2)CCC4)c([N+](=O)[O-])cc1OC. The maximum atomic E-state index is 12.8. The van der Waals surface area contributed by atoms with Gasteiger partial charge in [0.25, 0.3) is 17.2 Å². The summed E-state index contributed by atoms with van der Waals surface area (Å²) >= 11 is 0. The number of carbonyl (C=O) groups excluding carboxylic acids is 1. The van der Waals surface area contributed by atoms with Crippen molar-refractivity contribution >= 4 is 28.2 Å². The van der Waals surface area contributed by atoms with Crippen molar-refractivity contribution in [3.63, 3.8) is 0 Å². The average molecular weight is 409 g/mol. The Labute approximate surface area is 170 Å². The Kier molecular flexibility index (Phi) is 4.86. The van der Waals surface area contributed by atoms with Gasteiger partial charge in [0.2, 0.25) is 0 Å². The first-order chi connectivity index (χ1) is 14.4. The third kappa shape index (κ3) is 3.24. The highest BCUT2D eigenvalue weighted by Gasteiger charge is 2.25. The van der Waals surface area contributed by atoms with Gasteiger partial charge in [-0.25, -0.2) is 0 Å². The summed E-state index contributed by atoms with van der Waals surface area (Å²) in [6.45, 7) is 0. The third-order valence-corrected chi connectivity index (χ3v) is 5.29. The van der Waals surface area contributed by atoms with Crippen molar-refractivity contribution in [2.75, 3.05) is 19.5 Å². The predicted octanol–water partition coefficient (Wildman–Crippen LogP) is 3.19. The number of nitro benzene ring substituents is 1. The van der Waals surface area contributed by atoms with E-state index in [0.29, 0.717) is 11.2 Å². The van der Waals surface area contributed by atoms with Crippen LogP contribution < -0.4 is 20.3 Å². The third-order valence-electron chi connectivity index (χ3n) is 5.29. The van der Waals surface area contributed by atoms with Crippen LogP contribution >= 0.6 is 0 Å². The van der Waals surface area contributed by atoms with Gasteiger partial charge >= 0.3 is 0 Å². The quantitative estimate of drug-likeness (QED) is 0.493. The van der Waals surface area contributed by atoms with Crippen molar-refractivity contribution in [1.82, 2.24) is 4.98 Å². The molecule has 1 amide bonds. The Balaban J connectivity index is 1.72. The molecule has 30 heavy (non-hydrogen) atoms. The molecule has 9 heteroatoms. The second-order valence-corrected chi connectivity index (χ2v) is 6.96. The number of hydrogen-bond acceptors (Lipinski definition) is 6. The molecule has 1 aromatic heterocycles. The van der Waals surface area contributed by atoms with E-state index in [4.69, 9.17) is 9.47 Å². The lowest BCUT2D eigenvalue weighted by atomic mass is 10.0. The lowest BCUT2D eigenvalue weighted by molar-refractivity contribution is -0.385. The number of anilines is 1. The average Bonchev–Trinajstić information content (AvgIpc) is 3.23. The number of aromatic amines is 1. The van der Waals surface area contributed by atoms with E-state index in [0.717, 1.165) is 41.8 Å². The topological polar surface area (TPSA) is 124 Å². The highest BCUT2D eigenvalue weighted by Crippen LogP contribution is 2.35. The van der Waals surface area contributed by atoms with Crippen LogP contribution in [0, 0.1) is 10.1 Å². The molecule has 0 aliphatic heterocycles. The Bertz CT molecular complexity index is 1250. The largest absolute Gasteiger partial charge is 0.493 e. The van der Waals surface area contributed by atoms with Gasteiger partial charge in [-0.15, -0.1) is 0 Å². The van der Waals surface area contributed by atoms with Crippen molar-refractivity contribution in [1.29, 1.82) is 0 Å². The highest BCUT2D eigenvalue weighted by molar-refractivity contribution is 6.08. The first-order valence-corrected chi connectivity index (χ1v) is 9.32. The number of amides is 1. The molecule has 4 rings (SSSR count). The highest BCUT2D eigenvalue weighted by atomic mass is 16.6. The number of methoxy groups -OCH3 is 2. The van der Waals surface area contributed by atoms with E-state index in [1.807, 2.05) is 6.07 Å². The van der Waals surface area contributed by atoms with E-state index in [-0.39, 0.29) is 22.6 Å². The molecule has 154 valence electrons. The summed E-state index contributed by atoms with van der Waals surface area (Å²) in [7, 11) is 2.73. The molecule has 1 aliphatic carbocycles. The molecular weight excluding hydrogens is 390 g/mol. The molecule has 3 aromatic rings. The summed E-state index contributed by atoms with van der Waals surface area (Å²) in [4.78, 5) is 38.8. The Morgan fingerprint density at radius 1 is 1.10 bits per heavy atom. The molecule has 0 atom stereocenters. The number of rotatable bonds is 5. The van der Waals surface area contributed by atoms with Gasteiger partial charge in [0, 0.05) is 22.7 Å². The second kappa shape index (κ2) is 7.51. The van der Waals surface area contributed by atoms with Crippen LogP contribution in [-0.4, -0.2) is 30.0 Å². The number of H-pyrrole nitrogens is 1. The van der Waals surface area contributed by atoms with Gasteiger partial charge in [0.1, 0.15) is 5.56 Å². The van der Waals surface area contributed by atoms with Crippen molar-refractivity contribution in [3.05, 3.63) is 67.5 Å². The van der Waals surface area contributed by atoms with Gasteiger partial charge in [-0.3, -0.25) is 19.7 Å². The van der Waals surface area contributed by atoms with Crippen LogP contribution in [0.3, 0.4) is 0 Å². The number of nitro groups is 1. The van der Waals surface area contributed by atoms with E-state index >= 15 is 0 Å². The number of pyridine rings is 1. The Hall–Kier alpha value is -3.88. The van der Waals surface area contributed by atoms with Gasteiger partial charge in [-0.2, -0.15) is 0 Å². The fourth-order valence-electron chi connectivity index (χ4n) is 3.88.